The van der Waals surface area contributed by atoms with Crippen LogP contribution in [0.25, 0.3) is 10.9 Å². The van der Waals surface area contributed by atoms with E-state index in [4.69, 9.17) is 11.6 Å². The Morgan fingerprint density at radius 2 is 1.50 bits per heavy atom. The zero-order valence-corrected chi connectivity index (χ0v) is 29.4. The maximum atomic E-state index is 15.4. The predicted octanol–water partition coefficient (Wildman–Crippen LogP) is 8.63. The molecular formula is C42H49ClN4O. The van der Waals surface area contributed by atoms with E-state index >= 15 is 4.79 Å². The lowest BCUT2D eigenvalue weighted by molar-refractivity contribution is -0.125. The number of aromatic nitrogens is 1. The molecule has 6 rings (SSSR count). The molecule has 3 atom stereocenters. The summed E-state index contributed by atoms with van der Waals surface area (Å²) in [6.07, 6.45) is 6.96. The normalized spacial score (nSPS) is 16.0. The number of carbonyl (C=O) groups is 1. The third kappa shape index (κ3) is 8.20. The van der Waals surface area contributed by atoms with Gasteiger partial charge in [0, 0.05) is 46.8 Å². The molecule has 1 amide bonds. The second-order valence-corrected chi connectivity index (χ2v) is 14.2. The minimum Gasteiger partial charge on any atom is -0.361 e. The van der Waals surface area contributed by atoms with E-state index in [1.54, 1.807) is 0 Å². The van der Waals surface area contributed by atoms with Crippen LogP contribution < -0.4 is 4.90 Å². The molecule has 1 aliphatic rings. The van der Waals surface area contributed by atoms with E-state index in [1.165, 1.54) is 22.1 Å². The van der Waals surface area contributed by atoms with Crippen LogP contribution in [0, 0.1) is 5.92 Å². The monoisotopic (exact) mass is 660 g/mol. The van der Waals surface area contributed by atoms with Gasteiger partial charge in [0.25, 0.3) is 0 Å². The smallest absolute Gasteiger partial charge is 0.244 e. The Kier molecular flexibility index (Phi) is 11.3. The van der Waals surface area contributed by atoms with Gasteiger partial charge >= 0.3 is 0 Å². The molecule has 4 aromatic carbocycles. The third-order valence-electron chi connectivity index (χ3n) is 9.91. The number of hydrogen-bond acceptors (Lipinski definition) is 3. The number of aryl methyl sites for hydroxylation is 2. The number of nitrogens with zero attached hydrogens (tertiary/aromatic N) is 3. The van der Waals surface area contributed by atoms with E-state index in [-0.39, 0.29) is 17.9 Å². The van der Waals surface area contributed by atoms with Crippen molar-refractivity contribution >= 4 is 34.1 Å². The van der Waals surface area contributed by atoms with Crippen molar-refractivity contribution in [3.63, 3.8) is 0 Å². The molecular weight excluding hydrogens is 612 g/mol. The largest absolute Gasteiger partial charge is 0.361 e. The number of nitrogens with one attached hydrogen (secondary N) is 1. The van der Waals surface area contributed by atoms with E-state index in [2.05, 4.69) is 144 Å². The van der Waals surface area contributed by atoms with Crippen molar-refractivity contribution in [2.75, 3.05) is 45.2 Å². The molecule has 0 bridgehead atoms. The molecule has 1 N–H and O–H groups in total. The summed E-state index contributed by atoms with van der Waals surface area (Å²) in [6.45, 7) is 5.55. The first kappa shape index (κ1) is 34.0. The average molecular weight is 661 g/mol. The Labute approximate surface area is 291 Å². The van der Waals surface area contributed by atoms with Gasteiger partial charge in [-0.3, -0.25) is 9.69 Å². The molecule has 5 aromatic rings. The summed E-state index contributed by atoms with van der Waals surface area (Å²) < 4.78 is 0. The minimum atomic E-state index is -0.336. The van der Waals surface area contributed by atoms with E-state index in [1.807, 2.05) is 6.07 Å². The molecule has 0 radical (unpaired) electrons. The molecule has 1 aromatic heterocycles. The molecule has 6 heteroatoms. The highest BCUT2D eigenvalue weighted by molar-refractivity contribution is 6.30. The summed E-state index contributed by atoms with van der Waals surface area (Å²) in [4.78, 5) is 25.7. The van der Waals surface area contributed by atoms with E-state index in [0.29, 0.717) is 12.5 Å². The Bertz CT molecular complexity index is 1720. The molecule has 0 fully saturated rings. The summed E-state index contributed by atoms with van der Waals surface area (Å²) in [5.74, 6) is 0.467. The van der Waals surface area contributed by atoms with Crippen LogP contribution in [-0.2, 0) is 24.1 Å². The zero-order valence-electron chi connectivity index (χ0n) is 28.6. The number of hydrogen-bond donors (Lipinski definition) is 1. The maximum absolute atomic E-state index is 15.4. The molecule has 1 aliphatic heterocycles. The number of benzene rings is 4. The fourth-order valence-electron chi connectivity index (χ4n) is 7.70. The van der Waals surface area contributed by atoms with Crippen molar-refractivity contribution in [1.82, 2.24) is 14.8 Å². The second-order valence-electron chi connectivity index (χ2n) is 13.8. The molecule has 5 nitrogen and oxygen atoms in total. The first-order chi connectivity index (χ1) is 23.4. The molecule has 0 spiro atoms. The van der Waals surface area contributed by atoms with Crippen molar-refractivity contribution < 1.29 is 4.79 Å². The van der Waals surface area contributed by atoms with Gasteiger partial charge < -0.3 is 14.8 Å². The number of fused-ring (bicyclic) bond motifs is 2. The van der Waals surface area contributed by atoms with Crippen LogP contribution in [0.4, 0.5) is 5.69 Å². The van der Waals surface area contributed by atoms with Gasteiger partial charge in [-0.25, -0.2) is 0 Å². The molecule has 2 unspecified atom stereocenters. The average Bonchev–Trinajstić information content (AvgIpc) is 3.52. The topological polar surface area (TPSA) is 42.6 Å². The molecule has 48 heavy (non-hydrogen) atoms. The van der Waals surface area contributed by atoms with E-state index in [0.717, 1.165) is 73.5 Å². The molecule has 2 heterocycles. The van der Waals surface area contributed by atoms with Crippen LogP contribution in [-0.4, -0.2) is 67.0 Å². The summed E-state index contributed by atoms with van der Waals surface area (Å²) in [5, 5.41) is 1.91. The number of para-hydroxylation sites is 1. The lowest BCUT2D eigenvalue weighted by atomic mass is 9.87. The van der Waals surface area contributed by atoms with Crippen LogP contribution in [0.1, 0.15) is 47.9 Å². The SMILES string of the molecule is CC(c1c[nH]c2ccccc12)C(C(=O)N1C[C@@H](CN(C)C)Cc2cc(Cl)ccc21)N(CCCc1ccccc1)CCCc1ccccc1. The van der Waals surface area contributed by atoms with Crippen LogP contribution in [0.3, 0.4) is 0 Å². The number of anilines is 1. The quantitative estimate of drug-likeness (QED) is 0.130. The Hall–Kier alpha value is -3.90. The first-order valence-electron chi connectivity index (χ1n) is 17.5. The van der Waals surface area contributed by atoms with Gasteiger partial charge in [-0.05, 0) is 112 Å². The van der Waals surface area contributed by atoms with Gasteiger partial charge in [-0.1, -0.05) is 97.4 Å². The highest BCUT2D eigenvalue weighted by atomic mass is 35.5. The van der Waals surface area contributed by atoms with Crippen LogP contribution >= 0.6 is 11.6 Å². The fourth-order valence-corrected chi connectivity index (χ4v) is 7.89. The molecule has 0 aliphatic carbocycles. The van der Waals surface area contributed by atoms with Crippen LogP contribution in [0.5, 0.6) is 0 Å². The van der Waals surface area contributed by atoms with Gasteiger partial charge in [-0.15, -0.1) is 0 Å². The lowest BCUT2D eigenvalue weighted by Gasteiger charge is -2.42. The zero-order chi connectivity index (χ0) is 33.5. The highest BCUT2D eigenvalue weighted by Gasteiger charge is 2.39. The van der Waals surface area contributed by atoms with Gasteiger partial charge in [-0.2, -0.15) is 0 Å². The Morgan fingerprint density at radius 3 is 2.15 bits per heavy atom. The number of amides is 1. The summed E-state index contributed by atoms with van der Waals surface area (Å²) >= 11 is 6.53. The van der Waals surface area contributed by atoms with Gasteiger partial charge in [0.2, 0.25) is 5.91 Å². The van der Waals surface area contributed by atoms with Gasteiger partial charge in [0.05, 0.1) is 6.04 Å². The Morgan fingerprint density at radius 1 is 0.875 bits per heavy atom. The van der Waals surface area contributed by atoms with Crippen molar-refractivity contribution in [3.8, 4) is 0 Å². The minimum absolute atomic E-state index is 0.0351. The van der Waals surface area contributed by atoms with Gasteiger partial charge in [0.1, 0.15) is 0 Å². The highest BCUT2D eigenvalue weighted by Crippen LogP contribution is 2.37. The number of carbonyl (C=O) groups excluding carboxylic acids is 1. The predicted molar refractivity (Wildman–Crippen MR) is 201 cm³/mol. The van der Waals surface area contributed by atoms with Crippen molar-refractivity contribution in [2.45, 2.75) is 51.0 Å². The standard InChI is InChI=1S/C42H49ClN4O/c1-31(38-28-44-39-21-11-10-20-37(38)39)41(42(48)47-30-34(29-45(2)3)26-35-27-36(43)22-23-40(35)47)46(24-12-18-32-14-6-4-7-15-32)25-13-19-33-16-8-5-9-17-33/h4-11,14-17,20-23,27-28,31,34,41,44H,12-13,18-19,24-26,29-30H2,1-3H3/t31?,34-,41?/m1/s1. The summed E-state index contributed by atoms with van der Waals surface area (Å²) in [5.41, 5.74) is 7.13. The van der Waals surface area contributed by atoms with E-state index < -0.39 is 0 Å². The van der Waals surface area contributed by atoms with Crippen molar-refractivity contribution in [1.29, 1.82) is 0 Å². The van der Waals surface area contributed by atoms with Gasteiger partial charge in [0.15, 0.2) is 0 Å². The lowest BCUT2D eigenvalue weighted by Crippen LogP contribution is -2.54. The van der Waals surface area contributed by atoms with Crippen molar-refractivity contribution in [2.24, 2.45) is 5.92 Å². The molecule has 0 saturated carbocycles. The number of H-pyrrole nitrogens is 1. The summed E-state index contributed by atoms with van der Waals surface area (Å²) in [7, 11) is 4.23. The van der Waals surface area contributed by atoms with Crippen LogP contribution in [0.2, 0.25) is 5.02 Å². The second kappa shape index (κ2) is 16.0. The maximum Gasteiger partial charge on any atom is 0.244 e. The fraction of sp³-hybridized carbons (Fsp3) is 0.357. The van der Waals surface area contributed by atoms with Crippen molar-refractivity contribution in [3.05, 3.63) is 137 Å². The van der Waals surface area contributed by atoms with E-state index in [9.17, 15) is 0 Å². The number of aromatic amines is 1. The number of rotatable bonds is 14. The third-order valence-corrected chi connectivity index (χ3v) is 10.1. The number of halogens is 1. The Balaban J connectivity index is 1.37. The van der Waals surface area contributed by atoms with Crippen LogP contribution in [0.15, 0.2) is 109 Å². The molecule has 250 valence electrons. The first-order valence-corrected chi connectivity index (χ1v) is 17.9. The summed E-state index contributed by atoms with van der Waals surface area (Å²) in [6, 6.07) is 35.6. The molecule has 0 saturated heterocycles.